The Balaban J connectivity index is 3.11. The molecule has 0 heterocycles. The molecule has 0 aromatic carbocycles. The van der Waals surface area contributed by atoms with E-state index in [-0.39, 0.29) is 0 Å². The van der Waals surface area contributed by atoms with Crippen LogP contribution in [-0.2, 0) is 4.79 Å². The summed E-state index contributed by atoms with van der Waals surface area (Å²) < 4.78 is 0. The minimum atomic E-state index is -0.696. The van der Waals surface area contributed by atoms with Crippen molar-refractivity contribution < 1.29 is 9.90 Å². The molecule has 0 saturated heterocycles. The third-order valence-corrected chi connectivity index (χ3v) is 3.31. The molecule has 2 nitrogen and oxygen atoms in total. The summed E-state index contributed by atoms with van der Waals surface area (Å²) >= 11 is 0. The van der Waals surface area contributed by atoms with Gasteiger partial charge in [0.25, 0.3) is 0 Å². The van der Waals surface area contributed by atoms with Gasteiger partial charge in [0.05, 0.1) is 5.41 Å². The standard InChI is InChI=1S/C14H20O2/c1-3-8-12(9-4-2)14(13(15)16)10-6-5-7-11-14/h3-4,8-9H,1,5-7,10-11H2,2H3,(H,15,16)/b9-4-,12-8+. The molecule has 2 heteroatoms. The maximum absolute atomic E-state index is 11.6. The molecule has 16 heavy (non-hydrogen) atoms. The van der Waals surface area contributed by atoms with Crippen molar-refractivity contribution in [3.05, 3.63) is 36.5 Å². The summed E-state index contributed by atoms with van der Waals surface area (Å²) in [6.45, 7) is 5.58. The quantitative estimate of drug-likeness (QED) is 0.733. The molecule has 1 fully saturated rings. The van der Waals surface area contributed by atoms with Gasteiger partial charge >= 0.3 is 5.97 Å². The first-order valence-electron chi connectivity index (χ1n) is 5.86. The fraction of sp³-hybridized carbons (Fsp3) is 0.500. The maximum atomic E-state index is 11.6. The molecule has 1 rings (SSSR count). The molecule has 0 atom stereocenters. The lowest BCUT2D eigenvalue weighted by Crippen LogP contribution is -2.34. The van der Waals surface area contributed by atoms with E-state index in [1.165, 1.54) is 0 Å². The molecule has 0 radical (unpaired) electrons. The Morgan fingerprint density at radius 3 is 2.38 bits per heavy atom. The molecule has 1 saturated carbocycles. The molecule has 0 aromatic heterocycles. The van der Waals surface area contributed by atoms with Gasteiger partial charge in [0, 0.05) is 0 Å². The van der Waals surface area contributed by atoms with Crippen LogP contribution in [0, 0.1) is 5.41 Å². The summed E-state index contributed by atoms with van der Waals surface area (Å²) in [7, 11) is 0. The zero-order valence-corrected chi connectivity index (χ0v) is 9.91. The third kappa shape index (κ3) is 2.43. The lowest BCUT2D eigenvalue weighted by molar-refractivity contribution is -0.148. The van der Waals surface area contributed by atoms with E-state index in [9.17, 15) is 9.90 Å². The van der Waals surface area contributed by atoms with Gasteiger partial charge in [0.1, 0.15) is 0 Å². The van der Waals surface area contributed by atoms with E-state index in [0.717, 1.165) is 37.7 Å². The zero-order chi connectivity index (χ0) is 12.0. The Bertz CT molecular complexity index is 318. The van der Waals surface area contributed by atoms with E-state index in [2.05, 4.69) is 6.58 Å². The molecule has 0 aromatic rings. The number of carbonyl (C=O) groups is 1. The lowest BCUT2D eigenvalue weighted by Gasteiger charge is -2.34. The van der Waals surface area contributed by atoms with Crippen LogP contribution in [0.1, 0.15) is 39.0 Å². The molecule has 0 aliphatic heterocycles. The van der Waals surface area contributed by atoms with E-state index in [4.69, 9.17) is 0 Å². The summed E-state index contributed by atoms with van der Waals surface area (Å²) in [6, 6.07) is 0. The van der Waals surface area contributed by atoms with Crippen molar-refractivity contribution >= 4 is 5.97 Å². The summed E-state index contributed by atoms with van der Waals surface area (Å²) in [6.07, 6.45) is 11.9. The van der Waals surface area contributed by atoms with Gasteiger partial charge in [-0.15, -0.1) is 0 Å². The first kappa shape index (κ1) is 12.8. The highest BCUT2D eigenvalue weighted by Crippen LogP contribution is 2.43. The minimum Gasteiger partial charge on any atom is -0.481 e. The van der Waals surface area contributed by atoms with Gasteiger partial charge in [-0.1, -0.05) is 50.1 Å². The topological polar surface area (TPSA) is 37.3 Å². The highest BCUT2D eigenvalue weighted by atomic mass is 16.4. The van der Waals surface area contributed by atoms with E-state index < -0.39 is 11.4 Å². The number of allylic oxidation sites excluding steroid dienone is 4. The van der Waals surface area contributed by atoms with Crippen LogP contribution < -0.4 is 0 Å². The Morgan fingerprint density at radius 2 is 1.94 bits per heavy atom. The number of aliphatic carboxylic acids is 1. The smallest absolute Gasteiger partial charge is 0.314 e. The molecule has 1 N–H and O–H groups in total. The Labute approximate surface area is 97.4 Å². The second-order valence-electron chi connectivity index (χ2n) is 4.31. The summed E-state index contributed by atoms with van der Waals surface area (Å²) in [5, 5.41) is 9.50. The van der Waals surface area contributed by atoms with Crippen LogP contribution in [0.4, 0.5) is 0 Å². The van der Waals surface area contributed by atoms with Crippen molar-refractivity contribution in [3.63, 3.8) is 0 Å². The van der Waals surface area contributed by atoms with E-state index >= 15 is 0 Å². The molecule has 1 aliphatic rings. The SMILES string of the molecule is C=C/C=C(\C=C/C)C1(C(=O)O)CCCCC1. The average molecular weight is 220 g/mol. The Morgan fingerprint density at radius 1 is 1.31 bits per heavy atom. The predicted octanol–water partition coefficient (Wildman–Crippen LogP) is 3.71. The Hall–Kier alpha value is -1.31. The van der Waals surface area contributed by atoms with Crippen molar-refractivity contribution in [2.75, 3.05) is 0 Å². The molecule has 1 aliphatic carbocycles. The molecular formula is C14H20O2. The number of carboxylic acids is 1. The first-order valence-corrected chi connectivity index (χ1v) is 5.86. The van der Waals surface area contributed by atoms with Crippen molar-refractivity contribution in [3.8, 4) is 0 Å². The largest absolute Gasteiger partial charge is 0.481 e. The highest BCUT2D eigenvalue weighted by molar-refractivity contribution is 5.80. The van der Waals surface area contributed by atoms with Gasteiger partial charge in [-0.05, 0) is 25.3 Å². The predicted molar refractivity (Wildman–Crippen MR) is 66.2 cm³/mol. The number of hydrogen-bond acceptors (Lipinski definition) is 1. The number of carboxylic acid groups (broad SMARTS) is 1. The third-order valence-electron chi connectivity index (χ3n) is 3.31. The van der Waals surface area contributed by atoms with Gasteiger partial charge < -0.3 is 5.11 Å². The van der Waals surface area contributed by atoms with Crippen molar-refractivity contribution in [1.82, 2.24) is 0 Å². The fourth-order valence-electron chi connectivity index (χ4n) is 2.46. The summed E-state index contributed by atoms with van der Waals surface area (Å²) in [4.78, 5) is 11.6. The van der Waals surface area contributed by atoms with Crippen LogP contribution in [0.3, 0.4) is 0 Å². The van der Waals surface area contributed by atoms with Gasteiger partial charge in [-0.2, -0.15) is 0 Å². The van der Waals surface area contributed by atoms with Crippen LogP contribution in [0.25, 0.3) is 0 Å². The van der Waals surface area contributed by atoms with E-state index in [1.54, 1.807) is 6.08 Å². The Kier molecular flexibility index (Phi) is 4.53. The number of rotatable bonds is 4. The van der Waals surface area contributed by atoms with Crippen LogP contribution in [0.2, 0.25) is 0 Å². The van der Waals surface area contributed by atoms with Gasteiger partial charge in [0.15, 0.2) is 0 Å². The van der Waals surface area contributed by atoms with Crippen LogP contribution in [0.15, 0.2) is 36.5 Å². The van der Waals surface area contributed by atoms with Crippen LogP contribution >= 0.6 is 0 Å². The van der Waals surface area contributed by atoms with E-state index in [0.29, 0.717) is 0 Å². The maximum Gasteiger partial charge on any atom is 0.314 e. The molecule has 0 bridgehead atoms. The van der Waals surface area contributed by atoms with Crippen molar-refractivity contribution in [2.24, 2.45) is 5.41 Å². The first-order chi connectivity index (χ1) is 7.67. The number of hydrogen-bond donors (Lipinski definition) is 1. The molecular weight excluding hydrogens is 200 g/mol. The summed E-state index contributed by atoms with van der Waals surface area (Å²) in [5.74, 6) is -0.696. The van der Waals surface area contributed by atoms with Crippen LogP contribution in [-0.4, -0.2) is 11.1 Å². The molecule has 88 valence electrons. The minimum absolute atomic E-state index is 0.682. The fourth-order valence-corrected chi connectivity index (χ4v) is 2.46. The molecule has 0 unspecified atom stereocenters. The van der Waals surface area contributed by atoms with Crippen molar-refractivity contribution in [1.29, 1.82) is 0 Å². The second kappa shape index (κ2) is 5.69. The van der Waals surface area contributed by atoms with Gasteiger partial charge in [-0.25, -0.2) is 0 Å². The van der Waals surface area contributed by atoms with Gasteiger partial charge in [0.2, 0.25) is 0 Å². The molecule has 0 amide bonds. The normalized spacial score (nSPS) is 20.9. The lowest BCUT2D eigenvalue weighted by atomic mass is 9.68. The van der Waals surface area contributed by atoms with Gasteiger partial charge in [-0.3, -0.25) is 4.79 Å². The monoisotopic (exact) mass is 220 g/mol. The van der Waals surface area contributed by atoms with Crippen molar-refractivity contribution in [2.45, 2.75) is 39.0 Å². The zero-order valence-electron chi connectivity index (χ0n) is 9.91. The van der Waals surface area contributed by atoms with Crippen LogP contribution in [0.5, 0.6) is 0 Å². The average Bonchev–Trinajstić information content (AvgIpc) is 2.29. The molecule has 0 spiro atoms. The van der Waals surface area contributed by atoms with E-state index in [1.807, 2.05) is 25.2 Å². The summed E-state index contributed by atoms with van der Waals surface area (Å²) in [5.41, 5.74) is 0.205. The second-order valence-corrected chi connectivity index (χ2v) is 4.31. The highest BCUT2D eigenvalue weighted by Gasteiger charge is 2.41.